The Hall–Kier alpha value is -2.39. The average Bonchev–Trinajstić information content (AvgIpc) is 2.75. The zero-order valence-corrected chi connectivity index (χ0v) is 12.7. The summed E-state index contributed by atoms with van der Waals surface area (Å²) in [7, 11) is 0. The summed E-state index contributed by atoms with van der Waals surface area (Å²) in [6, 6.07) is 19.8. The highest BCUT2D eigenvalue weighted by molar-refractivity contribution is 5.84. The van der Waals surface area contributed by atoms with E-state index in [9.17, 15) is 5.11 Å². The third-order valence-electron chi connectivity index (χ3n) is 4.56. The van der Waals surface area contributed by atoms with Crippen molar-refractivity contribution in [1.29, 1.82) is 0 Å². The molecule has 1 aromatic heterocycles. The van der Waals surface area contributed by atoms with Crippen LogP contribution in [-0.2, 0) is 5.60 Å². The molecule has 2 heterocycles. The highest BCUT2D eigenvalue weighted by Crippen LogP contribution is 2.43. The Morgan fingerprint density at radius 1 is 0.909 bits per heavy atom. The van der Waals surface area contributed by atoms with Gasteiger partial charge in [-0.3, -0.25) is 4.84 Å². The number of nitrogens with zero attached hydrogens (tertiary/aromatic N) is 1. The lowest BCUT2D eigenvalue weighted by molar-refractivity contribution is -0.892. The molecule has 1 aliphatic heterocycles. The molecule has 22 heavy (non-hydrogen) atoms. The van der Waals surface area contributed by atoms with Crippen molar-refractivity contribution in [1.82, 2.24) is 0 Å². The lowest BCUT2D eigenvalue weighted by Gasteiger charge is -2.29. The van der Waals surface area contributed by atoms with Gasteiger partial charge in [-0.05, 0) is 30.9 Å². The first-order valence-corrected chi connectivity index (χ1v) is 7.45. The molecule has 0 saturated heterocycles. The van der Waals surface area contributed by atoms with Crippen LogP contribution in [0.1, 0.15) is 25.1 Å². The number of fused-ring (bicyclic) bond motifs is 3. The van der Waals surface area contributed by atoms with Crippen LogP contribution in [-0.4, -0.2) is 10.7 Å². The zero-order valence-electron chi connectivity index (χ0n) is 12.7. The Labute approximate surface area is 129 Å². The molecule has 0 aliphatic carbocycles. The molecule has 4 rings (SSSR count). The maximum absolute atomic E-state index is 11.7. The standard InChI is InChI=1S/C19H18NO2/c1-18(2)19(21,15-9-4-3-5-10-15)17-16-11-7-6-8-14(16)12-13-20(17)22-18/h3-13,21H,1-2H3/q+1. The SMILES string of the molecule is CC1(C)O[n+]2ccc3ccccc3c2C1(O)c1ccccc1. The monoisotopic (exact) mass is 292 g/mol. The summed E-state index contributed by atoms with van der Waals surface area (Å²) in [6.45, 7) is 3.84. The van der Waals surface area contributed by atoms with Gasteiger partial charge in [0, 0.05) is 10.8 Å². The molecule has 2 aromatic carbocycles. The van der Waals surface area contributed by atoms with E-state index in [4.69, 9.17) is 4.84 Å². The molecular weight excluding hydrogens is 274 g/mol. The van der Waals surface area contributed by atoms with Crippen LogP contribution in [0.3, 0.4) is 0 Å². The second-order valence-electron chi connectivity index (χ2n) is 6.26. The molecule has 1 atom stereocenters. The van der Waals surface area contributed by atoms with Crippen LogP contribution in [0.15, 0.2) is 66.9 Å². The van der Waals surface area contributed by atoms with Gasteiger partial charge in [-0.15, -0.1) is 0 Å². The molecule has 1 N–H and O–H groups in total. The van der Waals surface area contributed by atoms with E-state index in [0.29, 0.717) is 0 Å². The molecule has 3 heteroatoms. The van der Waals surface area contributed by atoms with Crippen LogP contribution in [0, 0.1) is 0 Å². The third-order valence-corrected chi connectivity index (χ3v) is 4.56. The number of aromatic nitrogens is 1. The Kier molecular flexibility index (Phi) is 2.60. The molecule has 0 bridgehead atoms. The van der Waals surface area contributed by atoms with Crippen molar-refractivity contribution in [2.45, 2.75) is 25.0 Å². The molecule has 0 fully saturated rings. The normalized spacial score (nSPS) is 22.3. The van der Waals surface area contributed by atoms with E-state index >= 15 is 0 Å². The van der Waals surface area contributed by atoms with Crippen molar-refractivity contribution in [3.63, 3.8) is 0 Å². The van der Waals surface area contributed by atoms with Gasteiger partial charge < -0.3 is 5.11 Å². The van der Waals surface area contributed by atoms with E-state index in [0.717, 1.165) is 22.0 Å². The molecule has 3 aromatic rings. The van der Waals surface area contributed by atoms with Crippen LogP contribution < -0.4 is 9.57 Å². The molecular formula is C19H18NO2+. The number of benzene rings is 2. The summed E-state index contributed by atoms with van der Waals surface area (Å²) in [5, 5.41) is 13.8. The maximum atomic E-state index is 11.7. The Balaban J connectivity index is 2.11. The highest BCUT2D eigenvalue weighted by atomic mass is 16.7. The lowest BCUT2D eigenvalue weighted by Crippen LogP contribution is -2.50. The maximum Gasteiger partial charge on any atom is 0.282 e. The number of hydrogen-bond donors (Lipinski definition) is 1. The number of pyridine rings is 1. The first-order chi connectivity index (χ1) is 10.5. The number of rotatable bonds is 1. The molecule has 0 spiro atoms. The summed E-state index contributed by atoms with van der Waals surface area (Å²) in [6.07, 6.45) is 1.88. The Bertz CT molecular complexity index is 858. The Morgan fingerprint density at radius 2 is 1.59 bits per heavy atom. The molecule has 0 amide bonds. The molecule has 0 radical (unpaired) electrons. The second kappa shape index (κ2) is 4.31. The first kappa shape index (κ1) is 13.3. The van der Waals surface area contributed by atoms with Crippen molar-refractivity contribution in [2.24, 2.45) is 0 Å². The van der Waals surface area contributed by atoms with Gasteiger partial charge >= 0.3 is 0 Å². The topological polar surface area (TPSA) is 33.3 Å². The van der Waals surface area contributed by atoms with E-state index in [1.807, 2.05) is 80.7 Å². The van der Waals surface area contributed by atoms with E-state index in [2.05, 4.69) is 0 Å². The van der Waals surface area contributed by atoms with Crippen molar-refractivity contribution >= 4 is 10.8 Å². The summed E-state index contributed by atoms with van der Waals surface area (Å²) < 4.78 is 1.70. The van der Waals surface area contributed by atoms with E-state index in [1.165, 1.54) is 0 Å². The minimum atomic E-state index is -1.21. The predicted octanol–water partition coefficient (Wildman–Crippen LogP) is 2.58. The van der Waals surface area contributed by atoms with Gasteiger partial charge in [0.2, 0.25) is 17.4 Å². The van der Waals surface area contributed by atoms with Gasteiger partial charge in [-0.1, -0.05) is 48.5 Å². The predicted molar refractivity (Wildman–Crippen MR) is 84.2 cm³/mol. The van der Waals surface area contributed by atoms with Gasteiger partial charge in [-0.25, -0.2) is 0 Å². The fourth-order valence-electron chi connectivity index (χ4n) is 3.39. The number of aliphatic hydroxyl groups is 1. The van der Waals surface area contributed by atoms with Crippen molar-refractivity contribution in [3.05, 3.63) is 78.1 Å². The van der Waals surface area contributed by atoms with Gasteiger partial charge in [0.1, 0.15) is 0 Å². The van der Waals surface area contributed by atoms with Crippen molar-refractivity contribution in [3.8, 4) is 0 Å². The van der Waals surface area contributed by atoms with Gasteiger partial charge in [-0.2, -0.15) is 0 Å². The third kappa shape index (κ3) is 1.57. The van der Waals surface area contributed by atoms with Crippen molar-refractivity contribution in [2.75, 3.05) is 0 Å². The Morgan fingerprint density at radius 3 is 2.36 bits per heavy atom. The summed E-state index contributed by atoms with van der Waals surface area (Å²) >= 11 is 0. The van der Waals surface area contributed by atoms with Crippen LogP contribution in [0.2, 0.25) is 0 Å². The van der Waals surface area contributed by atoms with Gasteiger partial charge in [0.05, 0.1) is 5.39 Å². The molecule has 1 aliphatic rings. The average molecular weight is 292 g/mol. The summed E-state index contributed by atoms with van der Waals surface area (Å²) in [5.41, 5.74) is -0.370. The van der Waals surface area contributed by atoms with Crippen LogP contribution >= 0.6 is 0 Å². The summed E-state index contributed by atoms with van der Waals surface area (Å²) in [4.78, 5) is 6.04. The van der Waals surface area contributed by atoms with E-state index < -0.39 is 11.2 Å². The van der Waals surface area contributed by atoms with Crippen LogP contribution in [0.25, 0.3) is 10.8 Å². The first-order valence-electron chi connectivity index (χ1n) is 7.45. The zero-order chi connectivity index (χ0) is 15.4. The lowest BCUT2D eigenvalue weighted by atomic mass is 9.76. The van der Waals surface area contributed by atoms with Crippen LogP contribution in [0.4, 0.5) is 0 Å². The number of hydrogen-bond acceptors (Lipinski definition) is 2. The quantitative estimate of drug-likeness (QED) is 0.699. The highest BCUT2D eigenvalue weighted by Gasteiger charge is 2.63. The van der Waals surface area contributed by atoms with E-state index in [1.54, 1.807) is 4.73 Å². The van der Waals surface area contributed by atoms with E-state index in [-0.39, 0.29) is 0 Å². The fourth-order valence-corrected chi connectivity index (χ4v) is 3.39. The minimum Gasteiger partial charge on any atom is -0.371 e. The van der Waals surface area contributed by atoms with Crippen molar-refractivity contribution < 1.29 is 14.7 Å². The smallest absolute Gasteiger partial charge is 0.282 e. The van der Waals surface area contributed by atoms with Gasteiger partial charge in [0.25, 0.3) is 5.69 Å². The molecule has 3 nitrogen and oxygen atoms in total. The minimum absolute atomic E-state index is 0.772. The van der Waals surface area contributed by atoms with Gasteiger partial charge in [0.15, 0.2) is 0 Å². The fraction of sp³-hybridized carbons (Fsp3) is 0.211. The molecule has 0 saturated carbocycles. The van der Waals surface area contributed by atoms with Crippen LogP contribution in [0.5, 0.6) is 0 Å². The molecule has 110 valence electrons. The second-order valence-corrected chi connectivity index (χ2v) is 6.26. The molecule has 1 unspecified atom stereocenters. The largest absolute Gasteiger partial charge is 0.371 e. The summed E-state index contributed by atoms with van der Waals surface area (Å²) in [5.74, 6) is 0.